The summed E-state index contributed by atoms with van der Waals surface area (Å²) in [5, 5.41) is 14.8. The summed E-state index contributed by atoms with van der Waals surface area (Å²) in [5.41, 5.74) is -0.0810. The molecule has 0 aromatic carbocycles. The van der Waals surface area contributed by atoms with Crippen molar-refractivity contribution < 1.29 is 0 Å². The first kappa shape index (κ1) is 16.1. The van der Waals surface area contributed by atoms with Gasteiger partial charge in [-0.05, 0) is 32.4 Å². The second-order valence-electron chi connectivity index (χ2n) is 6.16. The van der Waals surface area contributed by atoms with E-state index in [1.54, 1.807) is 45.2 Å². The molecule has 0 N–H and O–H groups in total. The normalized spacial score (nSPS) is 18.0. The quantitative estimate of drug-likeness (QED) is 0.684. The first-order valence-corrected chi connectivity index (χ1v) is 9.10. The van der Waals surface area contributed by atoms with Gasteiger partial charge in [-0.25, -0.2) is 9.67 Å². The molecule has 4 heterocycles. The third kappa shape index (κ3) is 3.52. The molecule has 0 aliphatic carbocycles. The Morgan fingerprint density at radius 1 is 1.32 bits per heavy atom. The van der Waals surface area contributed by atoms with Gasteiger partial charge in [0.05, 0.1) is 13.1 Å². The van der Waals surface area contributed by atoms with Crippen LogP contribution in [0.4, 0.5) is 0 Å². The molecule has 1 unspecified atom stereocenters. The van der Waals surface area contributed by atoms with Crippen molar-refractivity contribution in [3.8, 4) is 5.82 Å². The van der Waals surface area contributed by atoms with E-state index in [-0.39, 0.29) is 11.6 Å². The first-order valence-electron chi connectivity index (χ1n) is 8.28. The van der Waals surface area contributed by atoms with Gasteiger partial charge in [-0.1, -0.05) is 0 Å². The van der Waals surface area contributed by atoms with Gasteiger partial charge in [0.25, 0.3) is 5.56 Å². The Morgan fingerprint density at radius 3 is 3.00 bits per heavy atom. The zero-order valence-corrected chi connectivity index (χ0v) is 14.8. The number of likely N-dealkylation sites (tertiary alicyclic amines) is 1. The molecule has 0 saturated carbocycles. The van der Waals surface area contributed by atoms with Crippen LogP contribution in [-0.2, 0) is 13.1 Å². The zero-order chi connectivity index (χ0) is 17.2. The molecular weight excluding hydrogens is 338 g/mol. The van der Waals surface area contributed by atoms with E-state index in [0.29, 0.717) is 12.4 Å². The van der Waals surface area contributed by atoms with Gasteiger partial charge in [-0.3, -0.25) is 14.3 Å². The zero-order valence-electron chi connectivity index (χ0n) is 13.9. The van der Waals surface area contributed by atoms with E-state index in [1.807, 2.05) is 13.1 Å². The number of hydrogen-bond donors (Lipinski definition) is 0. The number of aromatic nitrogens is 6. The highest BCUT2D eigenvalue weighted by Crippen LogP contribution is 2.22. The van der Waals surface area contributed by atoms with Gasteiger partial charge >= 0.3 is 0 Å². The molecule has 130 valence electrons. The molecule has 1 saturated heterocycles. The van der Waals surface area contributed by atoms with Crippen LogP contribution in [0, 0.1) is 6.92 Å². The van der Waals surface area contributed by atoms with Crippen molar-refractivity contribution in [2.45, 2.75) is 38.9 Å². The molecule has 3 aromatic rings. The second-order valence-corrected chi connectivity index (χ2v) is 7.43. The van der Waals surface area contributed by atoms with Crippen molar-refractivity contribution in [3.05, 3.63) is 51.2 Å². The Balaban J connectivity index is 1.52. The molecule has 9 heteroatoms. The fourth-order valence-corrected chi connectivity index (χ4v) is 3.92. The standard InChI is InChI=1S/C16H19N7OS/c1-12-18-19-15(25-12)10-21-7-2-3-13(21)9-23-16(24)5-4-14(20-23)22-8-6-17-11-22/h4-6,8,11,13H,2-3,7,9-10H2,1H3. The summed E-state index contributed by atoms with van der Waals surface area (Å²) in [4.78, 5) is 18.6. The van der Waals surface area contributed by atoms with Crippen molar-refractivity contribution in [2.75, 3.05) is 6.54 Å². The lowest BCUT2D eigenvalue weighted by Gasteiger charge is -2.23. The van der Waals surface area contributed by atoms with Crippen LogP contribution in [0.5, 0.6) is 0 Å². The Bertz CT molecular complexity index is 901. The average Bonchev–Trinajstić information content (AvgIpc) is 3.33. The minimum absolute atomic E-state index is 0.0810. The molecule has 1 atom stereocenters. The molecule has 0 bridgehead atoms. The molecule has 0 spiro atoms. The van der Waals surface area contributed by atoms with Crippen LogP contribution in [0.3, 0.4) is 0 Å². The highest BCUT2D eigenvalue weighted by atomic mass is 32.1. The third-order valence-corrected chi connectivity index (χ3v) is 5.23. The van der Waals surface area contributed by atoms with Crippen LogP contribution in [0.25, 0.3) is 5.82 Å². The Kier molecular flexibility index (Phi) is 4.41. The Hall–Kier alpha value is -2.39. The lowest BCUT2D eigenvalue weighted by Crippen LogP contribution is -2.36. The van der Waals surface area contributed by atoms with E-state index >= 15 is 0 Å². The third-order valence-electron chi connectivity index (χ3n) is 4.41. The average molecular weight is 357 g/mol. The van der Waals surface area contributed by atoms with Crippen LogP contribution in [-0.4, -0.2) is 47.0 Å². The fourth-order valence-electron chi connectivity index (χ4n) is 3.19. The van der Waals surface area contributed by atoms with Gasteiger partial charge in [0, 0.05) is 24.5 Å². The number of hydrogen-bond acceptors (Lipinski definition) is 7. The summed E-state index contributed by atoms with van der Waals surface area (Å²) >= 11 is 1.63. The predicted octanol–water partition coefficient (Wildman–Crippen LogP) is 1.25. The Morgan fingerprint density at radius 2 is 2.24 bits per heavy atom. The van der Waals surface area contributed by atoms with Crippen LogP contribution in [0.15, 0.2) is 35.6 Å². The highest BCUT2D eigenvalue weighted by Gasteiger charge is 2.26. The molecule has 1 fully saturated rings. The minimum Gasteiger partial charge on any atom is -0.292 e. The fraction of sp³-hybridized carbons (Fsp3) is 0.438. The van der Waals surface area contributed by atoms with Gasteiger partial charge in [0.1, 0.15) is 16.3 Å². The summed E-state index contributed by atoms with van der Waals surface area (Å²) in [5.74, 6) is 0.696. The lowest BCUT2D eigenvalue weighted by atomic mass is 10.2. The van der Waals surface area contributed by atoms with Crippen molar-refractivity contribution in [1.82, 2.24) is 34.4 Å². The molecular formula is C16H19N7OS. The molecule has 8 nitrogen and oxygen atoms in total. The second kappa shape index (κ2) is 6.85. The van der Waals surface area contributed by atoms with Gasteiger partial charge in [0.2, 0.25) is 0 Å². The number of imidazole rings is 1. The van der Waals surface area contributed by atoms with Crippen molar-refractivity contribution >= 4 is 11.3 Å². The topological polar surface area (TPSA) is 81.7 Å². The van der Waals surface area contributed by atoms with Crippen LogP contribution in [0.1, 0.15) is 22.9 Å². The summed E-state index contributed by atoms with van der Waals surface area (Å²) < 4.78 is 3.36. The molecule has 1 aliphatic rings. The maximum atomic E-state index is 12.2. The van der Waals surface area contributed by atoms with Crippen molar-refractivity contribution in [1.29, 1.82) is 0 Å². The van der Waals surface area contributed by atoms with E-state index in [9.17, 15) is 4.79 Å². The van der Waals surface area contributed by atoms with Crippen LogP contribution < -0.4 is 5.56 Å². The molecule has 25 heavy (non-hydrogen) atoms. The predicted molar refractivity (Wildman–Crippen MR) is 93.7 cm³/mol. The summed E-state index contributed by atoms with van der Waals surface area (Å²) in [6.07, 6.45) is 7.37. The lowest BCUT2D eigenvalue weighted by molar-refractivity contribution is 0.216. The molecule has 0 amide bonds. The van der Waals surface area contributed by atoms with Gasteiger partial charge in [0.15, 0.2) is 5.82 Å². The molecule has 4 rings (SSSR count). The van der Waals surface area contributed by atoms with E-state index in [1.165, 1.54) is 0 Å². The van der Waals surface area contributed by atoms with Crippen molar-refractivity contribution in [3.63, 3.8) is 0 Å². The summed E-state index contributed by atoms with van der Waals surface area (Å²) in [6.45, 7) is 4.35. The molecule has 1 aliphatic heterocycles. The monoisotopic (exact) mass is 357 g/mol. The van der Waals surface area contributed by atoms with Crippen LogP contribution >= 0.6 is 11.3 Å². The number of aryl methyl sites for hydroxylation is 1. The van der Waals surface area contributed by atoms with E-state index in [0.717, 1.165) is 35.9 Å². The maximum Gasteiger partial charge on any atom is 0.266 e. The van der Waals surface area contributed by atoms with E-state index in [2.05, 4.69) is 25.2 Å². The smallest absolute Gasteiger partial charge is 0.266 e. The SMILES string of the molecule is Cc1nnc(CN2CCCC2Cn2nc(-n3ccnc3)ccc2=O)s1. The highest BCUT2D eigenvalue weighted by molar-refractivity contribution is 7.11. The largest absolute Gasteiger partial charge is 0.292 e. The van der Waals surface area contributed by atoms with E-state index < -0.39 is 0 Å². The summed E-state index contributed by atoms with van der Waals surface area (Å²) in [7, 11) is 0. The van der Waals surface area contributed by atoms with Crippen LogP contribution in [0.2, 0.25) is 0 Å². The van der Waals surface area contributed by atoms with Gasteiger partial charge in [-0.15, -0.1) is 21.5 Å². The number of rotatable bonds is 5. The van der Waals surface area contributed by atoms with E-state index in [4.69, 9.17) is 0 Å². The summed E-state index contributed by atoms with van der Waals surface area (Å²) in [6, 6.07) is 3.57. The van der Waals surface area contributed by atoms with Gasteiger partial charge in [-0.2, -0.15) is 5.10 Å². The van der Waals surface area contributed by atoms with Crippen molar-refractivity contribution in [2.24, 2.45) is 0 Å². The first-order chi connectivity index (χ1) is 12.2. The Labute approximate surface area is 148 Å². The minimum atomic E-state index is -0.0810. The maximum absolute atomic E-state index is 12.2. The molecule has 3 aromatic heterocycles. The molecule has 0 radical (unpaired) electrons. The van der Waals surface area contributed by atoms with Gasteiger partial charge < -0.3 is 0 Å². The number of nitrogens with zero attached hydrogens (tertiary/aromatic N) is 7.